The Hall–Kier alpha value is -1.06. The van der Waals surface area contributed by atoms with Crippen molar-refractivity contribution in [3.63, 3.8) is 0 Å². The first-order valence-corrected chi connectivity index (χ1v) is 5.22. The maximum Gasteiger partial charge on any atom is 0.122 e. The fourth-order valence-corrected chi connectivity index (χ4v) is 2.55. The van der Waals surface area contributed by atoms with E-state index in [-0.39, 0.29) is 6.54 Å². The normalized spacial score (nSPS) is 28.9. The van der Waals surface area contributed by atoms with Gasteiger partial charge in [-0.25, -0.2) is 0 Å². The number of ether oxygens (including phenoxy) is 1. The molecule has 1 aromatic rings. The molecule has 0 aromatic heterocycles. The van der Waals surface area contributed by atoms with Gasteiger partial charge in [0.2, 0.25) is 0 Å². The van der Waals surface area contributed by atoms with Crippen molar-refractivity contribution < 1.29 is 9.84 Å². The third-order valence-electron chi connectivity index (χ3n) is 3.26. The molecule has 0 saturated carbocycles. The number of fused-ring (bicyclic) bond motifs is 1. The van der Waals surface area contributed by atoms with E-state index >= 15 is 0 Å². The summed E-state index contributed by atoms with van der Waals surface area (Å²) in [5, 5.41) is 10.4. The molecule has 0 saturated heterocycles. The SMILES string of the molecule is COc1cccc2c1C(C)CC2(O)CN. The standard InChI is InChI=1S/C12H17NO2/c1-8-6-12(14,7-13)9-4-3-5-10(15-2)11(8)9/h3-5,8,14H,6-7,13H2,1-2H3. The van der Waals surface area contributed by atoms with Gasteiger partial charge in [-0.1, -0.05) is 19.1 Å². The highest BCUT2D eigenvalue weighted by Gasteiger charge is 2.41. The molecule has 0 heterocycles. The highest BCUT2D eigenvalue weighted by Crippen LogP contribution is 2.47. The zero-order valence-corrected chi connectivity index (χ0v) is 9.16. The number of aliphatic hydroxyl groups is 1. The monoisotopic (exact) mass is 207 g/mol. The van der Waals surface area contributed by atoms with Crippen LogP contribution < -0.4 is 10.5 Å². The Morgan fingerprint density at radius 1 is 1.60 bits per heavy atom. The van der Waals surface area contributed by atoms with Gasteiger partial charge in [0.25, 0.3) is 0 Å². The summed E-state index contributed by atoms with van der Waals surface area (Å²) < 4.78 is 5.31. The maximum atomic E-state index is 10.4. The van der Waals surface area contributed by atoms with Crippen molar-refractivity contribution >= 4 is 0 Å². The fourth-order valence-electron chi connectivity index (χ4n) is 2.55. The molecule has 0 radical (unpaired) electrons. The average molecular weight is 207 g/mol. The van der Waals surface area contributed by atoms with Gasteiger partial charge in [0.1, 0.15) is 11.4 Å². The molecule has 82 valence electrons. The van der Waals surface area contributed by atoms with Crippen LogP contribution in [0.25, 0.3) is 0 Å². The molecule has 2 atom stereocenters. The number of hydrogen-bond acceptors (Lipinski definition) is 3. The van der Waals surface area contributed by atoms with Gasteiger partial charge >= 0.3 is 0 Å². The smallest absolute Gasteiger partial charge is 0.122 e. The molecular formula is C12H17NO2. The molecule has 0 spiro atoms. The second-order valence-electron chi connectivity index (χ2n) is 4.26. The van der Waals surface area contributed by atoms with Crippen LogP contribution in [-0.4, -0.2) is 18.8 Å². The quantitative estimate of drug-likeness (QED) is 0.769. The van der Waals surface area contributed by atoms with Crippen molar-refractivity contribution in [1.29, 1.82) is 0 Å². The Kier molecular flexibility index (Phi) is 2.44. The van der Waals surface area contributed by atoms with E-state index in [0.29, 0.717) is 12.3 Å². The van der Waals surface area contributed by atoms with Gasteiger partial charge in [-0.2, -0.15) is 0 Å². The third-order valence-corrected chi connectivity index (χ3v) is 3.26. The summed E-state index contributed by atoms with van der Waals surface area (Å²) in [6.45, 7) is 2.35. The van der Waals surface area contributed by atoms with Crippen LogP contribution in [0.4, 0.5) is 0 Å². The first kappa shape index (κ1) is 10.5. The van der Waals surface area contributed by atoms with Crippen molar-refractivity contribution in [2.75, 3.05) is 13.7 Å². The van der Waals surface area contributed by atoms with Crippen molar-refractivity contribution in [2.24, 2.45) is 5.73 Å². The Morgan fingerprint density at radius 3 is 2.93 bits per heavy atom. The van der Waals surface area contributed by atoms with Crippen molar-refractivity contribution in [3.8, 4) is 5.75 Å². The maximum absolute atomic E-state index is 10.4. The van der Waals surface area contributed by atoms with Crippen LogP contribution in [0.3, 0.4) is 0 Å². The lowest BCUT2D eigenvalue weighted by Gasteiger charge is -2.21. The van der Waals surface area contributed by atoms with Gasteiger partial charge in [-0.05, 0) is 24.0 Å². The molecule has 0 aliphatic heterocycles. The molecule has 2 rings (SSSR count). The van der Waals surface area contributed by atoms with Crippen molar-refractivity contribution in [3.05, 3.63) is 29.3 Å². The van der Waals surface area contributed by atoms with Crippen LogP contribution in [-0.2, 0) is 5.60 Å². The number of hydrogen-bond donors (Lipinski definition) is 2. The summed E-state index contributed by atoms with van der Waals surface area (Å²) >= 11 is 0. The lowest BCUT2D eigenvalue weighted by molar-refractivity contribution is 0.0440. The van der Waals surface area contributed by atoms with E-state index in [4.69, 9.17) is 10.5 Å². The summed E-state index contributed by atoms with van der Waals surface area (Å²) in [4.78, 5) is 0. The van der Waals surface area contributed by atoms with Crippen LogP contribution in [0.15, 0.2) is 18.2 Å². The molecule has 3 heteroatoms. The minimum atomic E-state index is -0.872. The summed E-state index contributed by atoms with van der Waals surface area (Å²) in [5.74, 6) is 1.15. The lowest BCUT2D eigenvalue weighted by atomic mass is 9.96. The molecule has 0 amide bonds. The van der Waals surface area contributed by atoms with E-state index in [9.17, 15) is 5.11 Å². The first-order chi connectivity index (χ1) is 7.12. The van der Waals surface area contributed by atoms with E-state index in [2.05, 4.69) is 6.92 Å². The minimum Gasteiger partial charge on any atom is -0.496 e. The fraction of sp³-hybridized carbons (Fsp3) is 0.500. The Bertz CT molecular complexity index is 378. The summed E-state index contributed by atoms with van der Waals surface area (Å²) in [7, 11) is 1.65. The minimum absolute atomic E-state index is 0.261. The average Bonchev–Trinajstić information content (AvgIpc) is 2.52. The predicted molar refractivity (Wildman–Crippen MR) is 59.0 cm³/mol. The van der Waals surface area contributed by atoms with Crippen molar-refractivity contribution in [2.45, 2.75) is 24.9 Å². The highest BCUT2D eigenvalue weighted by atomic mass is 16.5. The zero-order chi connectivity index (χ0) is 11.1. The Labute approximate surface area is 89.9 Å². The highest BCUT2D eigenvalue weighted by molar-refractivity contribution is 5.49. The van der Waals surface area contributed by atoms with Gasteiger partial charge in [-0.15, -0.1) is 0 Å². The first-order valence-electron chi connectivity index (χ1n) is 5.22. The van der Waals surface area contributed by atoms with E-state index in [0.717, 1.165) is 16.9 Å². The molecule has 2 unspecified atom stereocenters. The zero-order valence-electron chi connectivity index (χ0n) is 9.16. The van der Waals surface area contributed by atoms with Crippen LogP contribution in [0.1, 0.15) is 30.4 Å². The van der Waals surface area contributed by atoms with Crippen LogP contribution >= 0.6 is 0 Å². The molecule has 1 aromatic carbocycles. The van der Waals surface area contributed by atoms with Gasteiger partial charge in [-0.3, -0.25) is 0 Å². The Balaban J connectivity index is 2.58. The number of benzene rings is 1. The van der Waals surface area contributed by atoms with Gasteiger partial charge in [0.05, 0.1) is 7.11 Å². The van der Waals surface area contributed by atoms with Gasteiger partial charge in [0.15, 0.2) is 0 Å². The third kappa shape index (κ3) is 1.43. The molecule has 0 fully saturated rings. The van der Waals surface area contributed by atoms with E-state index in [1.54, 1.807) is 7.11 Å². The molecule has 1 aliphatic carbocycles. The van der Waals surface area contributed by atoms with Crippen LogP contribution in [0, 0.1) is 0 Å². The molecule has 3 nitrogen and oxygen atoms in total. The molecule has 15 heavy (non-hydrogen) atoms. The number of nitrogens with two attached hydrogens (primary N) is 1. The molecule has 3 N–H and O–H groups in total. The molecular weight excluding hydrogens is 190 g/mol. The second kappa shape index (κ2) is 3.51. The van der Waals surface area contributed by atoms with Crippen LogP contribution in [0.5, 0.6) is 5.75 Å². The van der Waals surface area contributed by atoms with E-state index in [1.807, 2.05) is 18.2 Å². The van der Waals surface area contributed by atoms with Gasteiger partial charge in [0, 0.05) is 12.1 Å². The number of methoxy groups -OCH3 is 1. The van der Waals surface area contributed by atoms with Crippen molar-refractivity contribution in [1.82, 2.24) is 0 Å². The summed E-state index contributed by atoms with van der Waals surface area (Å²) in [6, 6.07) is 5.77. The van der Waals surface area contributed by atoms with Crippen LogP contribution in [0.2, 0.25) is 0 Å². The molecule has 1 aliphatic rings. The second-order valence-corrected chi connectivity index (χ2v) is 4.26. The summed E-state index contributed by atoms with van der Waals surface area (Å²) in [5.41, 5.74) is 6.81. The summed E-state index contributed by atoms with van der Waals surface area (Å²) in [6.07, 6.45) is 0.680. The largest absolute Gasteiger partial charge is 0.496 e. The number of rotatable bonds is 2. The lowest BCUT2D eigenvalue weighted by Crippen LogP contribution is -2.32. The predicted octanol–water partition coefficient (Wildman–Crippen LogP) is 1.35. The topological polar surface area (TPSA) is 55.5 Å². The Morgan fingerprint density at radius 2 is 2.33 bits per heavy atom. The van der Waals surface area contributed by atoms with E-state index < -0.39 is 5.60 Å². The van der Waals surface area contributed by atoms with E-state index in [1.165, 1.54) is 0 Å². The van der Waals surface area contributed by atoms with Gasteiger partial charge < -0.3 is 15.6 Å². The molecule has 0 bridgehead atoms.